The summed E-state index contributed by atoms with van der Waals surface area (Å²) < 4.78 is 30.8. The molecule has 0 aromatic heterocycles. The summed E-state index contributed by atoms with van der Waals surface area (Å²) in [7, 11) is -3.23. The smallest absolute Gasteiger partial charge is 0.254 e. The predicted octanol–water partition coefficient (Wildman–Crippen LogP) is 1.96. The van der Waals surface area contributed by atoms with Crippen LogP contribution < -0.4 is 0 Å². The molecule has 1 atom stereocenters. The average molecular weight is 381 g/mol. The minimum atomic E-state index is -3.23. The molecule has 6 nitrogen and oxygen atoms in total. The molecule has 1 amide bonds. The third kappa shape index (κ3) is 4.10. The Morgan fingerprint density at radius 2 is 1.81 bits per heavy atom. The number of carbonyl (C=O) groups excluding carboxylic acids is 1. The lowest BCUT2D eigenvalue weighted by Gasteiger charge is -2.38. The summed E-state index contributed by atoms with van der Waals surface area (Å²) in [6.45, 7) is 6.18. The van der Waals surface area contributed by atoms with Gasteiger partial charge in [0, 0.05) is 44.0 Å². The van der Waals surface area contributed by atoms with Crippen LogP contribution in [0.15, 0.2) is 18.2 Å². The lowest BCUT2D eigenvalue weighted by atomic mass is 10.00. The van der Waals surface area contributed by atoms with E-state index in [1.54, 1.807) is 0 Å². The van der Waals surface area contributed by atoms with Crippen LogP contribution in [0.1, 0.15) is 40.7 Å². The van der Waals surface area contributed by atoms with Crippen LogP contribution in [0.2, 0.25) is 0 Å². The Bertz CT molecular complexity index is 772. The minimum Gasteiger partial charge on any atom is -0.381 e. The molecule has 2 aliphatic heterocycles. The van der Waals surface area contributed by atoms with Crippen molar-refractivity contribution >= 4 is 15.9 Å². The highest BCUT2D eigenvalue weighted by Gasteiger charge is 2.38. The van der Waals surface area contributed by atoms with Crippen LogP contribution in [0.4, 0.5) is 0 Å². The number of rotatable bonds is 4. The van der Waals surface area contributed by atoms with E-state index in [0.29, 0.717) is 38.3 Å². The lowest BCUT2D eigenvalue weighted by molar-refractivity contribution is 0.0179. The van der Waals surface area contributed by atoms with Crippen molar-refractivity contribution in [1.82, 2.24) is 9.21 Å². The molecule has 26 heavy (non-hydrogen) atoms. The average Bonchev–Trinajstić information content (AvgIpc) is 3.08. The number of ether oxygens (including phenoxy) is 1. The van der Waals surface area contributed by atoms with Crippen molar-refractivity contribution in [2.45, 2.75) is 45.2 Å². The zero-order valence-corrected chi connectivity index (χ0v) is 16.6. The Balaban J connectivity index is 1.88. The minimum absolute atomic E-state index is 0.000325. The second kappa shape index (κ2) is 7.66. The molecule has 1 aromatic rings. The quantitative estimate of drug-likeness (QED) is 0.801. The van der Waals surface area contributed by atoms with Crippen molar-refractivity contribution in [3.8, 4) is 0 Å². The first-order valence-corrected chi connectivity index (χ1v) is 11.0. The van der Waals surface area contributed by atoms with Crippen LogP contribution in [0.5, 0.6) is 0 Å². The molecular weight excluding hydrogens is 352 g/mol. The lowest BCUT2D eigenvalue weighted by Crippen LogP contribution is -2.50. The van der Waals surface area contributed by atoms with Crippen LogP contribution >= 0.6 is 0 Å². The monoisotopic (exact) mass is 380 g/mol. The molecular formula is C19H28N2O4S. The standard InChI is InChI=1S/C19H28N2O4S/c1-14-4-5-16(12-15(14)2)19(22)21(17-7-10-25-11-8-17)18-6-9-20(13-18)26(3,23)24/h4-5,12,17-18H,6-11,13H2,1-3H3/t18-/m0/s1. The van der Waals surface area contributed by atoms with Gasteiger partial charge in [0.2, 0.25) is 10.0 Å². The zero-order chi connectivity index (χ0) is 18.9. The number of carbonyl (C=O) groups is 1. The summed E-state index contributed by atoms with van der Waals surface area (Å²) in [4.78, 5) is 15.3. The summed E-state index contributed by atoms with van der Waals surface area (Å²) in [6, 6.07) is 5.81. The highest BCUT2D eigenvalue weighted by molar-refractivity contribution is 7.88. The molecule has 0 radical (unpaired) electrons. The number of hydrogen-bond acceptors (Lipinski definition) is 4. The van der Waals surface area contributed by atoms with Crippen molar-refractivity contribution in [2.24, 2.45) is 0 Å². The molecule has 144 valence electrons. The first kappa shape index (κ1) is 19.3. The molecule has 2 fully saturated rings. The third-order valence-electron chi connectivity index (χ3n) is 5.56. The molecule has 0 unspecified atom stereocenters. The van der Waals surface area contributed by atoms with E-state index >= 15 is 0 Å². The fourth-order valence-electron chi connectivity index (χ4n) is 3.86. The van der Waals surface area contributed by atoms with Gasteiger partial charge in [-0.2, -0.15) is 0 Å². The number of aryl methyl sites for hydroxylation is 2. The van der Waals surface area contributed by atoms with Crippen LogP contribution in [-0.2, 0) is 14.8 Å². The van der Waals surface area contributed by atoms with Gasteiger partial charge in [-0.05, 0) is 56.4 Å². The summed E-state index contributed by atoms with van der Waals surface area (Å²) >= 11 is 0. The van der Waals surface area contributed by atoms with E-state index in [1.165, 1.54) is 10.6 Å². The van der Waals surface area contributed by atoms with Gasteiger partial charge >= 0.3 is 0 Å². The Kier molecular flexibility index (Phi) is 5.69. The van der Waals surface area contributed by atoms with Gasteiger partial charge in [0.05, 0.1) is 6.26 Å². The van der Waals surface area contributed by atoms with Gasteiger partial charge in [0.15, 0.2) is 0 Å². The SMILES string of the molecule is Cc1ccc(C(=O)N(C2CCOCC2)[C@H]2CCN(S(C)(=O)=O)C2)cc1C. The maximum absolute atomic E-state index is 13.4. The highest BCUT2D eigenvalue weighted by atomic mass is 32.2. The number of sulfonamides is 1. The van der Waals surface area contributed by atoms with E-state index < -0.39 is 10.0 Å². The van der Waals surface area contributed by atoms with E-state index in [-0.39, 0.29) is 18.0 Å². The third-order valence-corrected chi connectivity index (χ3v) is 6.83. The van der Waals surface area contributed by atoms with Crippen LogP contribution in [0.25, 0.3) is 0 Å². The molecule has 7 heteroatoms. The summed E-state index contributed by atoms with van der Waals surface area (Å²) in [5, 5.41) is 0. The van der Waals surface area contributed by atoms with E-state index in [2.05, 4.69) is 0 Å². The van der Waals surface area contributed by atoms with Crippen molar-refractivity contribution in [3.05, 3.63) is 34.9 Å². The molecule has 0 saturated carbocycles. The molecule has 2 aliphatic rings. The van der Waals surface area contributed by atoms with Gasteiger partial charge in [0.25, 0.3) is 5.91 Å². The van der Waals surface area contributed by atoms with E-state index in [9.17, 15) is 13.2 Å². The normalized spacial score (nSPS) is 22.5. The molecule has 3 rings (SSSR count). The van der Waals surface area contributed by atoms with Gasteiger partial charge in [-0.1, -0.05) is 6.07 Å². The largest absolute Gasteiger partial charge is 0.381 e. The maximum Gasteiger partial charge on any atom is 0.254 e. The molecule has 0 aliphatic carbocycles. The first-order chi connectivity index (χ1) is 12.3. The topological polar surface area (TPSA) is 66.9 Å². The van der Waals surface area contributed by atoms with E-state index in [1.807, 2.05) is 36.9 Å². The number of nitrogens with zero attached hydrogens (tertiary/aromatic N) is 2. The fraction of sp³-hybridized carbons (Fsp3) is 0.632. The van der Waals surface area contributed by atoms with Crippen LogP contribution in [0, 0.1) is 13.8 Å². The molecule has 0 N–H and O–H groups in total. The molecule has 0 spiro atoms. The second-order valence-electron chi connectivity index (χ2n) is 7.42. The molecule has 2 saturated heterocycles. The predicted molar refractivity (Wildman–Crippen MR) is 101 cm³/mol. The summed E-state index contributed by atoms with van der Waals surface area (Å²) in [5.74, 6) is 0.000325. The van der Waals surface area contributed by atoms with Crippen molar-refractivity contribution in [2.75, 3.05) is 32.6 Å². The highest BCUT2D eigenvalue weighted by Crippen LogP contribution is 2.27. The Morgan fingerprint density at radius 3 is 2.38 bits per heavy atom. The molecule has 0 bridgehead atoms. The van der Waals surface area contributed by atoms with E-state index in [4.69, 9.17) is 4.74 Å². The van der Waals surface area contributed by atoms with Gasteiger partial charge in [-0.15, -0.1) is 0 Å². The first-order valence-electron chi connectivity index (χ1n) is 9.20. The van der Waals surface area contributed by atoms with Crippen LogP contribution in [-0.4, -0.2) is 68.2 Å². The maximum atomic E-state index is 13.4. The molecule has 1 aromatic carbocycles. The Morgan fingerprint density at radius 1 is 1.12 bits per heavy atom. The van der Waals surface area contributed by atoms with Crippen LogP contribution in [0.3, 0.4) is 0 Å². The second-order valence-corrected chi connectivity index (χ2v) is 9.40. The molecule has 2 heterocycles. The van der Waals surface area contributed by atoms with Gasteiger partial charge < -0.3 is 9.64 Å². The Labute approximate surface area is 156 Å². The van der Waals surface area contributed by atoms with Crippen molar-refractivity contribution in [1.29, 1.82) is 0 Å². The Hall–Kier alpha value is -1.44. The summed E-state index contributed by atoms with van der Waals surface area (Å²) in [5.41, 5.74) is 2.92. The van der Waals surface area contributed by atoms with E-state index in [0.717, 1.165) is 24.0 Å². The van der Waals surface area contributed by atoms with Crippen molar-refractivity contribution in [3.63, 3.8) is 0 Å². The van der Waals surface area contributed by atoms with Gasteiger partial charge in [0.1, 0.15) is 0 Å². The van der Waals surface area contributed by atoms with Crippen molar-refractivity contribution < 1.29 is 17.9 Å². The number of benzene rings is 1. The summed E-state index contributed by atoms with van der Waals surface area (Å²) in [6.07, 6.45) is 3.51. The fourth-order valence-corrected chi connectivity index (χ4v) is 4.74. The van der Waals surface area contributed by atoms with Gasteiger partial charge in [-0.3, -0.25) is 4.79 Å². The van der Waals surface area contributed by atoms with Gasteiger partial charge in [-0.25, -0.2) is 12.7 Å². The number of hydrogen-bond donors (Lipinski definition) is 0. The zero-order valence-electron chi connectivity index (χ0n) is 15.8. The number of amides is 1.